The third kappa shape index (κ3) is 2.89. The molecule has 0 aromatic carbocycles. The second kappa shape index (κ2) is 4.57. The summed E-state index contributed by atoms with van der Waals surface area (Å²) in [7, 11) is 0. The van der Waals surface area contributed by atoms with Gasteiger partial charge in [-0.1, -0.05) is 0 Å². The van der Waals surface area contributed by atoms with Crippen LogP contribution in [0.25, 0.3) is 0 Å². The van der Waals surface area contributed by atoms with Gasteiger partial charge in [0, 0.05) is 6.42 Å². The van der Waals surface area contributed by atoms with Gasteiger partial charge < -0.3 is 10.1 Å². The van der Waals surface area contributed by atoms with Crippen molar-refractivity contribution >= 4 is 0 Å². The Balaban J connectivity index is 1.91. The lowest BCUT2D eigenvalue weighted by Crippen LogP contribution is -2.43. The highest BCUT2D eigenvalue weighted by atomic mass is 16.5. The van der Waals surface area contributed by atoms with Crippen LogP contribution in [0, 0.1) is 5.92 Å². The van der Waals surface area contributed by atoms with Gasteiger partial charge in [0.05, 0.1) is 18.5 Å². The van der Waals surface area contributed by atoms with Crippen LogP contribution in [0.15, 0.2) is 12.4 Å². The molecule has 0 saturated carbocycles. The first-order valence-corrected chi connectivity index (χ1v) is 5.42. The molecule has 4 nitrogen and oxygen atoms in total. The Bertz CT molecular complexity index is 306. The van der Waals surface area contributed by atoms with Crippen LogP contribution < -0.4 is 10.1 Å². The van der Waals surface area contributed by atoms with Crippen LogP contribution in [-0.2, 0) is 6.42 Å². The topological polar surface area (TPSA) is 47.0 Å². The zero-order valence-corrected chi connectivity index (χ0v) is 9.23. The van der Waals surface area contributed by atoms with Gasteiger partial charge in [0.1, 0.15) is 5.82 Å². The third-order valence-corrected chi connectivity index (χ3v) is 2.39. The molecule has 2 rings (SSSR count). The fourth-order valence-corrected chi connectivity index (χ4v) is 1.53. The van der Waals surface area contributed by atoms with Gasteiger partial charge in [-0.3, -0.25) is 0 Å². The van der Waals surface area contributed by atoms with Gasteiger partial charge >= 0.3 is 0 Å². The fraction of sp³-hybridized carbons (Fsp3) is 0.636. The first-order valence-electron chi connectivity index (χ1n) is 5.42. The minimum atomic E-state index is 0.176. The summed E-state index contributed by atoms with van der Waals surface area (Å²) in [5, 5.41) is 3.24. The van der Waals surface area contributed by atoms with Crippen LogP contribution in [0.3, 0.4) is 0 Å². The summed E-state index contributed by atoms with van der Waals surface area (Å²) < 4.78 is 5.48. The van der Waals surface area contributed by atoms with Gasteiger partial charge in [-0.25, -0.2) is 9.97 Å². The Kier molecular flexibility index (Phi) is 3.16. The molecule has 1 fully saturated rings. The molecule has 0 radical (unpaired) electrons. The summed E-state index contributed by atoms with van der Waals surface area (Å²) in [6.45, 7) is 6.17. The fourth-order valence-electron chi connectivity index (χ4n) is 1.53. The van der Waals surface area contributed by atoms with Crippen molar-refractivity contribution < 1.29 is 4.74 Å². The molecule has 4 heteroatoms. The molecule has 0 unspecified atom stereocenters. The van der Waals surface area contributed by atoms with E-state index in [-0.39, 0.29) is 6.10 Å². The average molecular weight is 207 g/mol. The largest absolute Gasteiger partial charge is 0.488 e. The van der Waals surface area contributed by atoms with Gasteiger partial charge in [0.25, 0.3) is 0 Å². The number of ether oxygens (including phenoxy) is 1. The molecule has 1 aromatic heterocycles. The van der Waals surface area contributed by atoms with E-state index in [1.807, 2.05) is 13.8 Å². The standard InChI is InChI=1S/C11H17N3O/c1-8(2)15-10-6-13-11(14-7-10)3-9-4-12-5-9/h6-9,12H,3-5H2,1-2H3. The minimum absolute atomic E-state index is 0.176. The smallest absolute Gasteiger partial charge is 0.156 e. The molecular weight excluding hydrogens is 190 g/mol. The molecule has 0 amide bonds. The van der Waals surface area contributed by atoms with Crippen LogP contribution in [0.2, 0.25) is 0 Å². The average Bonchev–Trinajstić information content (AvgIpc) is 2.13. The number of nitrogens with one attached hydrogen (secondary N) is 1. The Morgan fingerprint density at radius 1 is 1.40 bits per heavy atom. The summed E-state index contributed by atoms with van der Waals surface area (Å²) in [5.41, 5.74) is 0. The van der Waals surface area contributed by atoms with E-state index in [0.29, 0.717) is 5.92 Å². The number of hydrogen-bond donors (Lipinski definition) is 1. The molecule has 1 aromatic rings. The maximum atomic E-state index is 5.48. The summed E-state index contributed by atoms with van der Waals surface area (Å²) in [4.78, 5) is 8.58. The Morgan fingerprint density at radius 3 is 2.53 bits per heavy atom. The van der Waals surface area contributed by atoms with E-state index in [4.69, 9.17) is 4.74 Å². The molecule has 1 aliphatic heterocycles. The van der Waals surface area contributed by atoms with Gasteiger partial charge in [0.2, 0.25) is 0 Å². The van der Waals surface area contributed by atoms with E-state index in [1.54, 1.807) is 12.4 Å². The van der Waals surface area contributed by atoms with Gasteiger partial charge in [0.15, 0.2) is 5.75 Å². The highest BCUT2D eigenvalue weighted by Crippen LogP contribution is 2.12. The highest BCUT2D eigenvalue weighted by Gasteiger charge is 2.18. The lowest BCUT2D eigenvalue weighted by Gasteiger charge is -2.26. The maximum absolute atomic E-state index is 5.48. The Labute approximate surface area is 90.1 Å². The lowest BCUT2D eigenvalue weighted by molar-refractivity contribution is 0.240. The van der Waals surface area contributed by atoms with Gasteiger partial charge in [-0.05, 0) is 32.9 Å². The molecule has 2 heterocycles. The quantitative estimate of drug-likeness (QED) is 0.801. The van der Waals surface area contributed by atoms with Crippen molar-refractivity contribution in [3.05, 3.63) is 18.2 Å². The monoisotopic (exact) mass is 207 g/mol. The molecule has 0 atom stereocenters. The lowest BCUT2D eigenvalue weighted by atomic mass is 9.99. The van der Waals surface area contributed by atoms with Crippen molar-refractivity contribution in [1.29, 1.82) is 0 Å². The molecule has 0 bridgehead atoms. The number of hydrogen-bond acceptors (Lipinski definition) is 4. The molecule has 0 spiro atoms. The predicted octanol–water partition coefficient (Wildman–Crippen LogP) is 1.03. The van der Waals surface area contributed by atoms with Crippen LogP contribution in [0.5, 0.6) is 5.75 Å². The van der Waals surface area contributed by atoms with Gasteiger partial charge in [-0.2, -0.15) is 0 Å². The van der Waals surface area contributed by atoms with Gasteiger partial charge in [-0.15, -0.1) is 0 Å². The predicted molar refractivity (Wildman–Crippen MR) is 57.9 cm³/mol. The third-order valence-electron chi connectivity index (χ3n) is 2.39. The van der Waals surface area contributed by atoms with Crippen LogP contribution >= 0.6 is 0 Å². The molecule has 82 valence electrons. The van der Waals surface area contributed by atoms with E-state index in [2.05, 4.69) is 15.3 Å². The Hall–Kier alpha value is -1.16. The number of nitrogens with zero attached hydrogens (tertiary/aromatic N) is 2. The van der Waals surface area contributed by atoms with Crippen molar-refractivity contribution in [2.45, 2.75) is 26.4 Å². The van der Waals surface area contributed by atoms with E-state index in [9.17, 15) is 0 Å². The first-order chi connectivity index (χ1) is 7.24. The van der Waals surface area contributed by atoms with Crippen LogP contribution in [0.4, 0.5) is 0 Å². The summed E-state index contributed by atoms with van der Waals surface area (Å²) in [6, 6.07) is 0. The summed E-state index contributed by atoms with van der Waals surface area (Å²) in [6.07, 6.45) is 4.66. The van der Waals surface area contributed by atoms with Crippen molar-refractivity contribution in [3.63, 3.8) is 0 Å². The molecule has 1 N–H and O–H groups in total. The molecule has 1 aliphatic rings. The molecule has 15 heavy (non-hydrogen) atoms. The maximum Gasteiger partial charge on any atom is 0.156 e. The van der Waals surface area contributed by atoms with E-state index in [1.165, 1.54) is 0 Å². The molecular formula is C11H17N3O. The highest BCUT2D eigenvalue weighted by molar-refractivity contribution is 5.13. The summed E-state index contributed by atoms with van der Waals surface area (Å²) in [5.74, 6) is 2.37. The second-order valence-electron chi connectivity index (χ2n) is 4.23. The van der Waals surface area contributed by atoms with E-state index in [0.717, 1.165) is 31.1 Å². The zero-order valence-electron chi connectivity index (χ0n) is 9.23. The van der Waals surface area contributed by atoms with Crippen LogP contribution in [0.1, 0.15) is 19.7 Å². The van der Waals surface area contributed by atoms with Crippen molar-refractivity contribution in [2.24, 2.45) is 5.92 Å². The number of rotatable bonds is 4. The summed E-state index contributed by atoms with van der Waals surface area (Å²) >= 11 is 0. The second-order valence-corrected chi connectivity index (χ2v) is 4.23. The SMILES string of the molecule is CC(C)Oc1cnc(CC2CNC2)nc1. The Morgan fingerprint density at radius 2 is 2.07 bits per heavy atom. The molecule has 0 aliphatic carbocycles. The van der Waals surface area contributed by atoms with Crippen molar-refractivity contribution in [3.8, 4) is 5.75 Å². The van der Waals surface area contributed by atoms with Crippen LogP contribution in [-0.4, -0.2) is 29.2 Å². The minimum Gasteiger partial charge on any atom is -0.488 e. The molecule has 1 saturated heterocycles. The van der Waals surface area contributed by atoms with E-state index >= 15 is 0 Å². The first kappa shape index (κ1) is 10.4. The number of aromatic nitrogens is 2. The van der Waals surface area contributed by atoms with Crippen molar-refractivity contribution in [1.82, 2.24) is 15.3 Å². The zero-order chi connectivity index (χ0) is 10.7. The van der Waals surface area contributed by atoms with Crippen molar-refractivity contribution in [2.75, 3.05) is 13.1 Å². The van der Waals surface area contributed by atoms with E-state index < -0.39 is 0 Å². The normalized spacial score (nSPS) is 16.5.